The van der Waals surface area contributed by atoms with E-state index in [4.69, 9.17) is 0 Å². The van der Waals surface area contributed by atoms with Crippen LogP contribution in [0.1, 0.15) is 39.0 Å². The molecule has 0 aromatic rings. The fraction of sp³-hybridized carbons (Fsp3) is 0.412. The second-order valence-electron chi connectivity index (χ2n) is 4.92. The van der Waals surface area contributed by atoms with Crippen molar-refractivity contribution in [2.24, 2.45) is 5.92 Å². The second kappa shape index (κ2) is 6.44. The molecule has 0 heteroatoms. The Bertz CT molecular complexity index is 388. The molecule has 0 fully saturated rings. The van der Waals surface area contributed by atoms with E-state index in [1.807, 2.05) is 0 Å². The molecule has 0 amide bonds. The Hall–Kier alpha value is -1.30. The van der Waals surface area contributed by atoms with Crippen molar-refractivity contribution in [3.8, 4) is 0 Å². The van der Waals surface area contributed by atoms with Crippen LogP contribution in [-0.2, 0) is 0 Å². The Morgan fingerprint density at radius 3 is 2.82 bits per heavy atom. The summed E-state index contributed by atoms with van der Waals surface area (Å²) in [5.41, 5.74) is 2.77. The van der Waals surface area contributed by atoms with Gasteiger partial charge in [-0.25, -0.2) is 0 Å². The molecule has 2 aliphatic rings. The van der Waals surface area contributed by atoms with Gasteiger partial charge in [0.25, 0.3) is 0 Å². The van der Waals surface area contributed by atoms with Gasteiger partial charge in [0.2, 0.25) is 0 Å². The average molecular weight is 226 g/mol. The summed E-state index contributed by atoms with van der Waals surface area (Å²) >= 11 is 0. The predicted octanol–water partition coefficient (Wildman–Crippen LogP) is 5.12. The van der Waals surface area contributed by atoms with Crippen LogP contribution in [0.5, 0.6) is 0 Å². The van der Waals surface area contributed by atoms with Gasteiger partial charge in [-0.3, -0.25) is 0 Å². The summed E-state index contributed by atoms with van der Waals surface area (Å²) < 4.78 is 0. The molecule has 0 bridgehead atoms. The van der Waals surface area contributed by atoms with Gasteiger partial charge in [0.05, 0.1) is 0 Å². The highest BCUT2D eigenvalue weighted by Gasteiger charge is 2.04. The van der Waals surface area contributed by atoms with Gasteiger partial charge in [0.1, 0.15) is 0 Å². The van der Waals surface area contributed by atoms with Crippen molar-refractivity contribution < 1.29 is 0 Å². The van der Waals surface area contributed by atoms with Gasteiger partial charge in [-0.2, -0.15) is 0 Å². The van der Waals surface area contributed by atoms with Crippen LogP contribution >= 0.6 is 0 Å². The molecule has 1 atom stereocenters. The first-order valence-corrected chi connectivity index (χ1v) is 6.73. The second-order valence-corrected chi connectivity index (χ2v) is 4.92. The molecule has 1 unspecified atom stereocenters. The summed E-state index contributed by atoms with van der Waals surface area (Å²) in [7, 11) is 0. The zero-order valence-corrected chi connectivity index (χ0v) is 10.7. The monoisotopic (exact) mass is 226 g/mol. The minimum absolute atomic E-state index is 0.750. The third kappa shape index (κ3) is 3.89. The van der Waals surface area contributed by atoms with E-state index >= 15 is 0 Å². The van der Waals surface area contributed by atoms with Crippen LogP contribution in [0.2, 0.25) is 0 Å². The van der Waals surface area contributed by atoms with Crippen molar-refractivity contribution in [1.82, 2.24) is 0 Å². The number of allylic oxidation sites excluding steroid dienone is 10. The summed E-state index contributed by atoms with van der Waals surface area (Å²) in [6.07, 6.45) is 24.4. The molecule has 2 rings (SSSR count). The molecule has 0 spiro atoms. The predicted molar refractivity (Wildman–Crippen MR) is 75.8 cm³/mol. The van der Waals surface area contributed by atoms with Gasteiger partial charge in [-0.1, -0.05) is 48.6 Å². The maximum atomic E-state index is 2.36. The minimum Gasteiger partial charge on any atom is -0.0885 e. The van der Waals surface area contributed by atoms with Gasteiger partial charge < -0.3 is 0 Å². The fourth-order valence-electron chi connectivity index (χ4n) is 2.35. The molecular weight excluding hydrogens is 204 g/mol. The summed E-state index contributed by atoms with van der Waals surface area (Å²) in [5, 5.41) is 0. The van der Waals surface area contributed by atoms with Gasteiger partial charge in [0.15, 0.2) is 0 Å². The summed E-state index contributed by atoms with van der Waals surface area (Å²) in [6, 6.07) is 0. The molecule has 2 aliphatic carbocycles. The van der Waals surface area contributed by atoms with Crippen LogP contribution in [0.3, 0.4) is 0 Å². The largest absolute Gasteiger partial charge is 0.0885 e. The van der Waals surface area contributed by atoms with Gasteiger partial charge in [-0.05, 0) is 56.1 Å². The topological polar surface area (TPSA) is 0 Å². The Balaban J connectivity index is 1.90. The lowest BCUT2D eigenvalue weighted by Gasteiger charge is -2.12. The number of hydrogen-bond acceptors (Lipinski definition) is 0. The Morgan fingerprint density at radius 1 is 1.18 bits per heavy atom. The highest BCUT2D eigenvalue weighted by molar-refractivity contribution is 5.41. The molecule has 0 saturated heterocycles. The van der Waals surface area contributed by atoms with Crippen LogP contribution in [0, 0.1) is 5.92 Å². The summed E-state index contributed by atoms with van der Waals surface area (Å²) in [4.78, 5) is 0. The molecule has 0 aromatic heterocycles. The van der Waals surface area contributed by atoms with E-state index in [2.05, 4.69) is 55.5 Å². The fourth-order valence-corrected chi connectivity index (χ4v) is 2.35. The van der Waals surface area contributed by atoms with Crippen LogP contribution in [-0.4, -0.2) is 0 Å². The quantitative estimate of drug-likeness (QED) is 0.463. The molecule has 0 aromatic carbocycles. The first kappa shape index (κ1) is 12.2. The Kier molecular flexibility index (Phi) is 4.61. The third-order valence-corrected chi connectivity index (χ3v) is 3.49. The van der Waals surface area contributed by atoms with E-state index in [1.165, 1.54) is 43.3 Å². The normalized spacial score (nSPS) is 25.4. The highest BCUT2D eigenvalue weighted by Crippen LogP contribution is 2.20. The highest BCUT2D eigenvalue weighted by atomic mass is 14.1. The van der Waals surface area contributed by atoms with Gasteiger partial charge in [-0.15, -0.1) is 0 Å². The van der Waals surface area contributed by atoms with E-state index in [0.29, 0.717) is 0 Å². The maximum Gasteiger partial charge on any atom is -0.0193 e. The van der Waals surface area contributed by atoms with Gasteiger partial charge >= 0.3 is 0 Å². The first-order chi connectivity index (χ1) is 8.36. The maximum absolute atomic E-state index is 2.36. The zero-order valence-electron chi connectivity index (χ0n) is 10.7. The van der Waals surface area contributed by atoms with Crippen molar-refractivity contribution in [3.63, 3.8) is 0 Å². The van der Waals surface area contributed by atoms with E-state index in [9.17, 15) is 0 Å². The van der Waals surface area contributed by atoms with Crippen molar-refractivity contribution in [3.05, 3.63) is 59.8 Å². The molecule has 0 saturated carbocycles. The van der Waals surface area contributed by atoms with E-state index < -0.39 is 0 Å². The number of hydrogen-bond donors (Lipinski definition) is 0. The van der Waals surface area contributed by atoms with Crippen molar-refractivity contribution in [1.29, 1.82) is 0 Å². The minimum atomic E-state index is 0.750. The molecular formula is C17H22. The van der Waals surface area contributed by atoms with E-state index in [-0.39, 0.29) is 0 Å². The molecule has 0 aliphatic heterocycles. The first-order valence-electron chi connectivity index (χ1n) is 6.73. The standard InChI is InChI=1S/C17H22/c1-15(17-13-6-3-7-14-17)9-8-12-16-10-4-2-5-11-16/h2,4,6,8-9,12-14,16H,3,5,7,10-11H2,1H3/b12-8-,15-9-. The Labute approximate surface area is 105 Å². The number of rotatable bonds is 3. The lowest BCUT2D eigenvalue weighted by molar-refractivity contribution is 0.584. The SMILES string of the molecule is C/C(=C/C=C\C1CC=CCC1)C1=CCCC=C1. The van der Waals surface area contributed by atoms with E-state index in [0.717, 1.165) is 5.92 Å². The molecule has 0 heterocycles. The van der Waals surface area contributed by atoms with Crippen LogP contribution in [0.25, 0.3) is 0 Å². The van der Waals surface area contributed by atoms with Crippen LogP contribution in [0.15, 0.2) is 59.8 Å². The summed E-state index contributed by atoms with van der Waals surface area (Å²) in [5.74, 6) is 0.750. The molecule has 17 heavy (non-hydrogen) atoms. The van der Waals surface area contributed by atoms with Gasteiger partial charge in [0, 0.05) is 0 Å². The average Bonchev–Trinajstić information content (AvgIpc) is 2.41. The van der Waals surface area contributed by atoms with Crippen LogP contribution in [0.4, 0.5) is 0 Å². The van der Waals surface area contributed by atoms with Crippen molar-refractivity contribution >= 4 is 0 Å². The van der Waals surface area contributed by atoms with Crippen LogP contribution < -0.4 is 0 Å². The lowest BCUT2D eigenvalue weighted by Crippen LogP contribution is -1.97. The summed E-state index contributed by atoms with van der Waals surface area (Å²) in [6.45, 7) is 2.20. The molecule has 0 N–H and O–H groups in total. The smallest absolute Gasteiger partial charge is 0.0193 e. The van der Waals surface area contributed by atoms with E-state index in [1.54, 1.807) is 0 Å². The van der Waals surface area contributed by atoms with Crippen molar-refractivity contribution in [2.45, 2.75) is 39.0 Å². The zero-order chi connectivity index (χ0) is 11.9. The third-order valence-electron chi connectivity index (χ3n) is 3.49. The molecule has 90 valence electrons. The van der Waals surface area contributed by atoms with Crippen molar-refractivity contribution in [2.75, 3.05) is 0 Å². The molecule has 0 radical (unpaired) electrons. The Morgan fingerprint density at radius 2 is 2.12 bits per heavy atom. The molecule has 0 nitrogen and oxygen atoms in total. The lowest BCUT2D eigenvalue weighted by atomic mass is 9.94.